The second kappa shape index (κ2) is 6.81. The Morgan fingerprint density at radius 3 is 2.70 bits per heavy atom. The Bertz CT molecular complexity index is 454. The molecule has 7 nitrogen and oxygen atoms in total. The number of nitrogens with zero attached hydrogens (tertiary/aromatic N) is 3. The maximum Gasteiger partial charge on any atom is 0.225 e. The molecule has 1 aliphatic rings. The summed E-state index contributed by atoms with van der Waals surface area (Å²) < 4.78 is 1.48. The Kier molecular flexibility index (Phi) is 5.08. The van der Waals surface area contributed by atoms with Gasteiger partial charge in [0.25, 0.3) is 0 Å². The van der Waals surface area contributed by atoms with E-state index in [1.54, 1.807) is 0 Å². The van der Waals surface area contributed by atoms with E-state index in [1.165, 1.54) is 11.1 Å². The second-order valence-corrected chi connectivity index (χ2v) is 5.32. The van der Waals surface area contributed by atoms with E-state index in [9.17, 15) is 9.90 Å². The maximum absolute atomic E-state index is 10.9. The number of hydrogen-bond donors (Lipinski definition) is 3. The fourth-order valence-corrected chi connectivity index (χ4v) is 2.77. The molecule has 0 spiro atoms. The minimum absolute atomic E-state index is 0.0528. The number of carbonyl (C=O) groups excluding carboxylic acids is 1. The normalized spacial score (nSPS) is 18.1. The molecule has 20 heavy (non-hydrogen) atoms. The summed E-state index contributed by atoms with van der Waals surface area (Å²) in [5.41, 5.74) is 5.14. The van der Waals surface area contributed by atoms with Gasteiger partial charge in [-0.2, -0.15) is 5.10 Å². The molecule has 7 heteroatoms. The number of carbonyl (C=O) groups is 1. The quantitative estimate of drug-likeness (QED) is 0.674. The number of aromatic nitrogens is 3. The van der Waals surface area contributed by atoms with Crippen molar-refractivity contribution in [3.63, 3.8) is 0 Å². The van der Waals surface area contributed by atoms with E-state index in [0.717, 1.165) is 25.7 Å². The van der Waals surface area contributed by atoms with Crippen molar-refractivity contribution in [1.82, 2.24) is 14.8 Å². The molecule has 1 heterocycles. The summed E-state index contributed by atoms with van der Waals surface area (Å²) in [6.07, 6.45) is 4.63. The molecule has 0 aromatic carbocycles. The highest BCUT2D eigenvalue weighted by Crippen LogP contribution is 2.33. The van der Waals surface area contributed by atoms with E-state index in [-0.39, 0.29) is 25.5 Å². The zero-order valence-corrected chi connectivity index (χ0v) is 11.5. The third kappa shape index (κ3) is 3.55. The SMILES string of the molecule is NC(=O)Cc1nc([C@H](O)C2CCCCC2)n(CCO)n1. The van der Waals surface area contributed by atoms with Crippen molar-refractivity contribution in [2.45, 2.75) is 51.2 Å². The maximum atomic E-state index is 10.9. The molecule has 0 aliphatic heterocycles. The van der Waals surface area contributed by atoms with Crippen LogP contribution in [0.3, 0.4) is 0 Å². The average Bonchev–Trinajstić information content (AvgIpc) is 2.81. The summed E-state index contributed by atoms with van der Waals surface area (Å²) in [6, 6.07) is 0. The Morgan fingerprint density at radius 1 is 1.40 bits per heavy atom. The lowest BCUT2D eigenvalue weighted by atomic mass is 9.85. The molecule has 1 aromatic heterocycles. The number of hydrogen-bond acceptors (Lipinski definition) is 5. The van der Waals surface area contributed by atoms with E-state index in [2.05, 4.69) is 10.1 Å². The Balaban J connectivity index is 2.18. The molecule has 1 aliphatic carbocycles. The van der Waals surface area contributed by atoms with Crippen LogP contribution in [-0.2, 0) is 17.8 Å². The third-order valence-corrected chi connectivity index (χ3v) is 3.75. The van der Waals surface area contributed by atoms with Gasteiger partial charge in [0.2, 0.25) is 5.91 Å². The predicted octanol–water partition coefficient (Wildman–Crippen LogP) is -0.0881. The topological polar surface area (TPSA) is 114 Å². The molecule has 112 valence electrons. The highest BCUT2D eigenvalue weighted by atomic mass is 16.3. The molecule has 1 fully saturated rings. The van der Waals surface area contributed by atoms with Gasteiger partial charge in [0, 0.05) is 0 Å². The second-order valence-electron chi connectivity index (χ2n) is 5.32. The average molecular weight is 282 g/mol. The Morgan fingerprint density at radius 2 is 2.10 bits per heavy atom. The van der Waals surface area contributed by atoms with Crippen LogP contribution >= 0.6 is 0 Å². The molecule has 1 aromatic rings. The standard InChI is InChI=1S/C13H22N4O3/c14-10(19)8-11-15-13(17(16-11)6-7-18)12(20)9-4-2-1-3-5-9/h9,12,18,20H,1-8H2,(H2,14,19)/t12-/m1/s1. The lowest BCUT2D eigenvalue weighted by Gasteiger charge is -2.26. The van der Waals surface area contributed by atoms with Crippen LogP contribution in [0.5, 0.6) is 0 Å². The van der Waals surface area contributed by atoms with Gasteiger partial charge in [-0.3, -0.25) is 4.79 Å². The van der Waals surface area contributed by atoms with E-state index in [4.69, 9.17) is 10.8 Å². The Hall–Kier alpha value is -1.47. The minimum Gasteiger partial charge on any atom is -0.394 e. The van der Waals surface area contributed by atoms with Gasteiger partial charge in [-0.15, -0.1) is 0 Å². The van der Waals surface area contributed by atoms with Gasteiger partial charge in [0.05, 0.1) is 19.6 Å². The molecule has 1 amide bonds. The molecule has 2 rings (SSSR count). The van der Waals surface area contributed by atoms with Crippen molar-refractivity contribution < 1.29 is 15.0 Å². The first-order valence-electron chi connectivity index (χ1n) is 7.12. The van der Waals surface area contributed by atoms with Crippen LogP contribution in [0, 0.1) is 5.92 Å². The van der Waals surface area contributed by atoms with E-state index in [0.29, 0.717) is 11.6 Å². The highest BCUT2D eigenvalue weighted by molar-refractivity contribution is 5.75. The summed E-state index contributed by atoms with van der Waals surface area (Å²) in [4.78, 5) is 15.2. The number of rotatable bonds is 6. The fourth-order valence-electron chi connectivity index (χ4n) is 2.77. The smallest absolute Gasteiger partial charge is 0.225 e. The van der Waals surface area contributed by atoms with Crippen LogP contribution in [0.2, 0.25) is 0 Å². The van der Waals surface area contributed by atoms with Crippen molar-refractivity contribution in [2.75, 3.05) is 6.61 Å². The van der Waals surface area contributed by atoms with Crippen LogP contribution in [-0.4, -0.2) is 37.5 Å². The first kappa shape index (κ1) is 14.9. The van der Waals surface area contributed by atoms with Crippen LogP contribution in [0.15, 0.2) is 0 Å². The van der Waals surface area contributed by atoms with Gasteiger partial charge >= 0.3 is 0 Å². The summed E-state index contributed by atoms with van der Waals surface area (Å²) in [5, 5.41) is 23.7. The number of nitrogens with two attached hydrogens (primary N) is 1. The van der Waals surface area contributed by atoms with Crippen molar-refractivity contribution in [3.05, 3.63) is 11.6 Å². The molecule has 0 bridgehead atoms. The molecule has 1 saturated carbocycles. The van der Waals surface area contributed by atoms with E-state index in [1.807, 2.05) is 0 Å². The molecule has 0 saturated heterocycles. The third-order valence-electron chi connectivity index (χ3n) is 3.75. The van der Waals surface area contributed by atoms with Crippen LogP contribution in [0.1, 0.15) is 49.9 Å². The summed E-state index contributed by atoms with van der Waals surface area (Å²) in [6.45, 7) is 0.161. The van der Waals surface area contributed by atoms with Crippen molar-refractivity contribution >= 4 is 5.91 Å². The zero-order chi connectivity index (χ0) is 14.5. The summed E-state index contributed by atoms with van der Waals surface area (Å²) in [7, 11) is 0. The number of aliphatic hydroxyl groups is 2. The molecule has 0 unspecified atom stereocenters. The monoisotopic (exact) mass is 282 g/mol. The van der Waals surface area contributed by atoms with Crippen LogP contribution in [0.25, 0.3) is 0 Å². The van der Waals surface area contributed by atoms with Crippen LogP contribution in [0.4, 0.5) is 0 Å². The van der Waals surface area contributed by atoms with Crippen molar-refractivity contribution in [1.29, 1.82) is 0 Å². The first-order chi connectivity index (χ1) is 9.61. The van der Waals surface area contributed by atoms with Crippen molar-refractivity contribution in [3.8, 4) is 0 Å². The molecular formula is C13H22N4O3. The number of primary amides is 1. The predicted molar refractivity (Wildman–Crippen MR) is 71.5 cm³/mol. The van der Waals surface area contributed by atoms with E-state index >= 15 is 0 Å². The number of aliphatic hydroxyl groups excluding tert-OH is 2. The van der Waals surface area contributed by atoms with Gasteiger partial charge in [-0.1, -0.05) is 19.3 Å². The molecule has 1 atom stereocenters. The number of amides is 1. The molecular weight excluding hydrogens is 260 g/mol. The lowest BCUT2D eigenvalue weighted by Crippen LogP contribution is -2.21. The highest BCUT2D eigenvalue weighted by Gasteiger charge is 2.28. The Labute approximate surface area is 117 Å². The van der Waals surface area contributed by atoms with Gasteiger partial charge in [-0.05, 0) is 18.8 Å². The lowest BCUT2D eigenvalue weighted by molar-refractivity contribution is -0.117. The van der Waals surface area contributed by atoms with Gasteiger partial charge < -0.3 is 15.9 Å². The minimum atomic E-state index is -0.698. The summed E-state index contributed by atoms with van der Waals surface area (Å²) in [5.74, 6) is 0.398. The largest absolute Gasteiger partial charge is 0.394 e. The fraction of sp³-hybridized carbons (Fsp3) is 0.769. The van der Waals surface area contributed by atoms with Gasteiger partial charge in [0.15, 0.2) is 11.6 Å². The first-order valence-corrected chi connectivity index (χ1v) is 7.12. The molecule has 4 N–H and O–H groups in total. The van der Waals surface area contributed by atoms with Crippen molar-refractivity contribution in [2.24, 2.45) is 11.7 Å². The summed E-state index contributed by atoms with van der Waals surface area (Å²) >= 11 is 0. The van der Waals surface area contributed by atoms with Gasteiger partial charge in [-0.25, -0.2) is 9.67 Å². The van der Waals surface area contributed by atoms with E-state index < -0.39 is 12.0 Å². The molecule has 0 radical (unpaired) electrons. The van der Waals surface area contributed by atoms with Crippen LogP contribution < -0.4 is 5.73 Å². The zero-order valence-electron chi connectivity index (χ0n) is 11.5. The van der Waals surface area contributed by atoms with Gasteiger partial charge in [0.1, 0.15) is 6.10 Å².